The number of nitrogens with one attached hydrogen (secondary N) is 1. The van der Waals surface area contributed by atoms with Crippen LogP contribution in [0.3, 0.4) is 0 Å². The number of aromatic hydroxyl groups is 1. The maximum absolute atomic E-state index is 14.3. The molecular weight excluding hydrogens is 342 g/mol. The van der Waals surface area contributed by atoms with E-state index in [1.807, 2.05) is 0 Å². The third kappa shape index (κ3) is 3.22. The Kier molecular flexibility index (Phi) is 4.47. The van der Waals surface area contributed by atoms with Crippen molar-refractivity contribution in [3.05, 3.63) is 27.7 Å². The van der Waals surface area contributed by atoms with Crippen LogP contribution in [0.4, 0.5) is 8.78 Å². The highest BCUT2D eigenvalue weighted by molar-refractivity contribution is 9.10. The van der Waals surface area contributed by atoms with Crippen LogP contribution in [0.15, 0.2) is 10.5 Å². The molecule has 0 amide bonds. The Balaban J connectivity index is 1.98. The fourth-order valence-electron chi connectivity index (χ4n) is 3.02. The minimum Gasteiger partial charge on any atom is -0.506 e. The van der Waals surface area contributed by atoms with E-state index in [0.29, 0.717) is 5.92 Å². The second-order valence-corrected chi connectivity index (χ2v) is 6.75. The van der Waals surface area contributed by atoms with Crippen LogP contribution in [0, 0.1) is 17.6 Å². The number of nitrogens with zero attached hydrogens (tertiary/aromatic N) is 1. The quantitative estimate of drug-likeness (QED) is 0.809. The van der Waals surface area contributed by atoms with E-state index in [9.17, 15) is 13.9 Å². The molecule has 1 saturated carbocycles. The molecule has 0 spiro atoms. The fourth-order valence-corrected chi connectivity index (χ4v) is 3.44. The average Bonchev–Trinajstić information content (AvgIpc) is 3.29. The summed E-state index contributed by atoms with van der Waals surface area (Å²) in [5.41, 5.74) is 0.107. The first-order chi connectivity index (χ1) is 10.1. The fraction of sp³-hybridized carbons (Fsp3) is 0.600. The lowest BCUT2D eigenvalue weighted by atomic mass is 9.97. The van der Waals surface area contributed by atoms with Crippen LogP contribution in [0.1, 0.15) is 30.9 Å². The molecule has 0 radical (unpaired) electrons. The zero-order valence-corrected chi connectivity index (χ0v) is 13.3. The monoisotopic (exact) mass is 360 g/mol. The van der Waals surface area contributed by atoms with Crippen molar-refractivity contribution >= 4 is 15.9 Å². The SMILES string of the molecule is Oc1c(Br)cc(F)c(F)c1[C@H](CC1CC1)N1CCNCC1. The zero-order chi connectivity index (χ0) is 15.0. The van der Waals surface area contributed by atoms with E-state index in [1.165, 1.54) is 0 Å². The molecule has 2 fully saturated rings. The summed E-state index contributed by atoms with van der Waals surface area (Å²) in [6.07, 6.45) is 3.06. The Hall–Kier alpha value is -0.720. The van der Waals surface area contributed by atoms with Crippen LogP contribution in [-0.4, -0.2) is 36.2 Å². The van der Waals surface area contributed by atoms with Gasteiger partial charge in [0.15, 0.2) is 11.6 Å². The van der Waals surface area contributed by atoms with Crippen molar-refractivity contribution < 1.29 is 13.9 Å². The van der Waals surface area contributed by atoms with E-state index >= 15 is 0 Å². The van der Waals surface area contributed by atoms with E-state index in [2.05, 4.69) is 26.1 Å². The van der Waals surface area contributed by atoms with Crippen molar-refractivity contribution in [3.8, 4) is 5.75 Å². The van der Waals surface area contributed by atoms with Gasteiger partial charge in [-0.1, -0.05) is 12.8 Å². The van der Waals surface area contributed by atoms with Crippen LogP contribution in [0.2, 0.25) is 0 Å². The summed E-state index contributed by atoms with van der Waals surface area (Å²) in [6, 6.07) is 0.728. The summed E-state index contributed by atoms with van der Waals surface area (Å²) in [4.78, 5) is 2.15. The molecular formula is C15H19BrF2N2O. The van der Waals surface area contributed by atoms with Gasteiger partial charge in [-0.2, -0.15) is 0 Å². The molecule has 0 bridgehead atoms. The number of phenolic OH excluding ortho intramolecular Hbond substituents is 1. The van der Waals surface area contributed by atoms with E-state index < -0.39 is 11.6 Å². The van der Waals surface area contributed by atoms with Crippen molar-refractivity contribution in [1.82, 2.24) is 10.2 Å². The molecule has 2 aliphatic rings. The van der Waals surface area contributed by atoms with Gasteiger partial charge in [-0.25, -0.2) is 8.78 Å². The van der Waals surface area contributed by atoms with Crippen molar-refractivity contribution in [2.75, 3.05) is 26.2 Å². The van der Waals surface area contributed by atoms with Gasteiger partial charge < -0.3 is 10.4 Å². The molecule has 1 atom stereocenters. The van der Waals surface area contributed by atoms with Gasteiger partial charge >= 0.3 is 0 Å². The lowest BCUT2D eigenvalue weighted by molar-refractivity contribution is 0.153. The van der Waals surface area contributed by atoms with Crippen LogP contribution in [0.5, 0.6) is 5.75 Å². The first kappa shape index (κ1) is 15.2. The van der Waals surface area contributed by atoms with Gasteiger partial charge in [0.1, 0.15) is 5.75 Å². The van der Waals surface area contributed by atoms with Gasteiger partial charge in [-0.05, 0) is 34.3 Å². The van der Waals surface area contributed by atoms with Gasteiger partial charge in [0.05, 0.1) is 10.0 Å². The first-order valence-corrected chi connectivity index (χ1v) is 8.18. The van der Waals surface area contributed by atoms with Crippen LogP contribution in [-0.2, 0) is 0 Å². The first-order valence-electron chi connectivity index (χ1n) is 7.39. The normalized spacial score (nSPS) is 21.5. The molecule has 21 heavy (non-hydrogen) atoms. The minimum absolute atomic E-state index is 0.107. The van der Waals surface area contributed by atoms with Crippen molar-refractivity contribution in [1.29, 1.82) is 0 Å². The highest BCUT2D eigenvalue weighted by Crippen LogP contribution is 2.45. The topological polar surface area (TPSA) is 35.5 Å². The average molecular weight is 361 g/mol. The Bertz CT molecular complexity index is 505. The number of halogens is 3. The predicted molar refractivity (Wildman–Crippen MR) is 80.2 cm³/mol. The molecule has 6 heteroatoms. The Labute approximate surface area is 131 Å². The molecule has 116 valence electrons. The number of hydrogen-bond acceptors (Lipinski definition) is 3. The van der Waals surface area contributed by atoms with E-state index in [0.717, 1.165) is 51.5 Å². The standard InChI is InChI=1S/C15H19BrF2N2O/c16-10-8-11(17)14(18)13(15(10)21)12(7-9-1-2-9)20-5-3-19-4-6-20/h8-9,12,19,21H,1-7H2/t12-/m0/s1. The largest absolute Gasteiger partial charge is 0.506 e. The lowest BCUT2D eigenvalue weighted by Gasteiger charge is -2.36. The molecule has 0 unspecified atom stereocenters. The number of benzene rings is 1. The van der Waals surface area contributed by atoms with Crippen molar-refractivity contribution in [3.63, 3.8) is 0 Å². The molecule has 3 rings (SSSR count). The molecule has 1 aromatic rings. The number of hydrogen-bond donors (Lipinski definition) is 2. The third-order valence-electron chi connectivity index (χ3n) is 4.36. The molecule has 1 aromatic carbocycles. The molecule has 1 saturated heterocycles. The van der Waals surface area contributed by atoms with Gasteiger partial charge in [0, 0.05) is 32.2 Å². The van der Waals surface area contributed by atoms with Gasteiger partial charge in [-0.15, -0.1) is 0 Å². The van der Waals surface area contributed by atoms with Gasteiger partial charge in [-0.3, -0.25) is 4.90 Å². The smallest absolute Gasteiger partial charge is 0.167 e. The molecule has 1 aliphatic carbocycles. The van der Waals surface area contributed by atoms with E-state index in [1.54, 1.807) is 0 Å². The molecule has 3 nitrogen and oxygen atoms in total. The summed E-state index contributed by atoms with van der Waals surface area (Å²) in [5.74, 6) is -1.44. The second kappa shape index (κ2) is 6.18. The minimum atomic E-state index is -0.917. The van der Waals surface area contributed by atoms with E-state index in [-0.39, 0.29) is 21.8 Å². The Morgan fingerprint density at radius 2 is 2.00 bits per heavy atom. The van der Waals surface area contributed by atoms with Crippen LogP contribution < -0.4 is 5.32 Å². The van der Waals surface area contributed by atoms with Crippen molar-refractivity contribution in [2.45, 2.75) is 25.3 Å². The summed E-state index contributed by atoms with van der Waals surface area (Å²) in [7, 11) is 0. The maximum atomic E-state index is 14.3. The highest BCUT2D eigenvalue weighted by atomic mass is 79.9. The number of piperazine rings is 1. The number of rotatable bonds is 4. The molecule has 1 aliphatic heterocycles. The highest BCUT2D eigenvalue weighted by Gasteiger charge is 2.34. The van der Waals surface area contributed by atoms with Crippen LogP contribution in [0.25, 0.3) is 0 Å². The van der Waals surface area contributed by atoms with Gasteiger partial charge in [0.25, 0.3) is 0 Å². The predicted octanol–water partition coefficient (Wildman–Crippen LogP) is 3.18. The second-order valence-electron chi connectivity index (χ2n) is 5.90. The summed E-state index contributed by atoms with van der Waals surface area (Å²) in [6.45, 7) is 3.23. The number of phenols is 1. The van der Waals surface area contributed by atoms with Crippen LogP contribution >= 0.6 is 15.9 Å². The molecule has 0 aromatic heterocycles. The van der Waals surface area contributed by atoms with Crippen molar-refractivity contribution in [2.24, 2.45) is 5.92 Å². The summed E-state index contributed by atoms with van der Waals surface area (Å²) < 4.78 is 28.3. The zero-order valence-electron chi connectivity index (χ0n) is 11.7. The van der Waals surface area contributed by atoms with Gasteiger partial charge in [0.2, 0.25) is 0 Å². The molecule has 1 heterocycles. The third-order valence-corrected chi connectivity index (χ3v) is 4.96. The lowest BCUT2D eigenvalue weighted by Crippen LogP contribution is -2.45. The van der Waals surface area contributed by atoms with E-state index in [4.69, 9.17) is 0 Å². The molecule has 2 N–H and O–H groups in total. The Morgan fingerprint density at radius 1 is 1.33 bits per heavy atom. The Morgan fingerprint density at radius 3 is 2.62 bits per heavy atom. The summed E-state index contributed by atoms with van der Waals surface area (Å²) >= 11 is 3.12. The maximum Gasteiger partial charge on any atom is 0.167 e. The summed E-state index contributed by atoms with van der Waals surface area (Å²) in [5, 5.41) is 13.5.